The van der Waals surface area contributed by atoms with Gasteiger partial charge >= 0.3 is 0 Å². The molecule has 6 nitrogen and oxygen atoms in total. The van der Waals surface area contributed by atoms with Gasteiger partial charge in [0.15, 0.2) is 15.6 Å². The van der Waals surface area contributed by atoms with Crippen molar-refractivity contribution in [1.29, 1.82) is 0 Å². The van der Waals surface area contributed by atoms with Gasteiger partial charge in [0.05, 0.1) is 17.2 Å². The third-order valence-corrected chi connectivity index (χ3v) is 7.50. The number of nitrogens with zero attached hydrogens (tertiary/aromatic N) is 1. The Labute approximate surface area is 182 Å². The molecular formula is C22H20BrNO5S. The highest BCUT2D eigenvalue weighted by Crippen LogP contribution is 2.29. The molecule has 3 aromatic rings. The summed E-state index contributed by atoms with van der Waals surface area (Å²) in [5.41, 5.74) is 3.39. The molecule has 0 saturated heterocycles. The highest BCUT2D eigenvalue weighted by Gasteiger charge is 2.25. The quantitative estimate of drug-likeness (QED) is 0.530. The molecule has 1 aromatic heterocycles. The van der Waals surface area contributed by atoms with Crippen molar-refractivity contribution in [2.45, 2.75) is 35.6 Å². The SMILES string of the molecule is O=c1cc(CN2Cc3cccc(CS(=O)(=O)c4ccc(CBr)cc4)c3C2)occ1O. The second-order valence-electron chi connectivity index (χ2n) is 7.33. The fourth-order valence-electron chi connectivity index (χ4n) is 3.63. The van der Waals surface area contributed by atoms with E-state index >= 15 is 0 Å². The van der Waals surface area contributed by atoms with Gasteiger partial charge in [-0.15, -0.1) is 0 Å². The van der Waals surface area contributed by atoms with Crippen LogP contribution in [0.15, 0.2) is 68.9 Å². The molecule has 0 radical (unpaired) electrons. The highest BCUT2D eigenvalue weighted by atomic mass is 79.9. The van der Waals surface area contributed by atoms with E-state index in [2.05, 4.69) is 20.8 Å². The van der Waals surface area contributed by atoms with Crippen LogP contribution in [-0.4, -0.2) is 18.4 Å². The molecule has 0 bridgehead atoms. The zero-order valence-corrected chi connectivity index (χ0v) is 18.4. The molecular weight excluding hydrogens is 470 g/mol. The number of fused-ring (bicyclic) bond motifs is 1. The fraction of sp³-hybridized carbons (Fsp3) is 0.227. The maximum atomic E-state index is 12.9. The smallest absolute Gasteiger partial charge is 0.226 e. The molecule has 2 aromatic carbocycles. The van der Waals surface area contributed by atoms with Crippen molar-refractivity contribution in [3.05, 3.63) is 93.0 Å². The van der Waals surface area contributed by atoms with Gasteiger partial charge in [0, 0.05) is 24.5 Å². The van der Waals surface area contributed by atoms with Crippen molar-refractivity contribution in [3.8, 4) is 5.75 Å². The molecule has 0 spiro atoms. The molecule has 1 N–H and O–H groups in total. The van der Waals surface area contributed by atoms with Gasteiger partial charge in [-0.2, -0.15) is 0 Å². The van der Waals surface area contributed by atoms with Gasteiger partial charge in [0.2, 0.25) is 5.43 Å². The summed E-state index contributed by atoms with van der Waals surface area (Å²) in [6.45, 7) is 1.59. The predicted molar refractivity (Wildman–Crippen MR) is 116 cm³/mol. The molecule has 4 rings (SSSR count). The average Bonchev–Trinajstić information content (AvgIpc) is 3.14. The van der Waals surface area contributed by atoms with Gasteiger partial charge in [-0.25, -0.2) is 8.42 Å². The molecule has 1 aliphatic rings. The largest absolute Gasteiger partial charge is 0.502 e. The zero-order valence-electron chi connectivity index (χ0n) is 16.0. The summed E-state index contributed by atoms with van der Waals surface area (Å²) in [5, 5.41) is 10.0. The maximum Gasteiger partial charge on any atom is 0.226 e. The lowest BCUT2D eigenvalue weighted by atomic mass is 10.1. The summed E-state index contributed by atoms with van der Waals surface area (Å²) in [5.74, 6) is -0.0295. The highest BCUT2D eigenvalue weighted by molar-refractivity contribution is 9.08. The minimum atomic E-state index is -3.47. The molecule has 30 heavy (non-hydrogen) atoms. The predicted octanol–water partition coefficient (Wildman–Crippen LogP) is 3.73. The summed E-state index contributed by atoms with van der Waals surface area (Å²) >= 11 is 3.37. The number of hydrogen-bond donors (Lipinski definition) is 1. The van der Waals surface area contributed by atoms with Crippen LogP contribution in [0.3, 0.4) is 0 Å². The molecule has 1 aliphatic heterocycles. The first-order chi connectivity index (χ1) is 14.4. The Hall–Kier alpha value is -2.42. The van der Waals surface area contributed by atoms with Gasteiger partial charge in [-0.1, -0.05) is 46.3 Å². The molecule has 0 atom stereocenters. The Morgan fingerprint density at radius 2 is 1.87 bits per heavy atom. The fourth-order valence-corrected chi connectivity index (χ4v) is 5.40. The second kappa shape index (κ2) is 8.37. The first kappa shape index (κ1) is 20.8. The van der Waals surface area contributed by atoms with E-state index in [0.717, 1.165) is 28.5 Å². The minimum absolute atomic E-state index is 0.0635. The molecule has 8 heteroatoms. The average molecular weight is 490 g/mol. The summed E-state index contributed by atoms with van der Waals surface area (Å²) in [6, 6.07) is 13.9. The van der Waals surface area contributed by atoms with Crippen molar-refractivity contribution < 1.29 is 17.9 Å². The third kappa shape index (κ3) is 4.35. The Morgan fingerprint density at radius 1 is 1.10 bits per heavy atom. The van der Waals surface area contributed by atoms with Crippen molar-refractivity contribution in [2.24, 2.45) is 0 Å². The maximum absolute atomic E-state index is 12.9. The number of rotatable bonds is 6. The van der Waals surface area contributed by atoms with Crippen molar-refractivity contribution in [2.75, 3.05) is 0 Å². The number of aromatic hydroxyl groups is 1. The third-order valence-electron chi connectivity index (χ3n) is 5.17. The molecule has 0 amide bonds. The van der Waals surface area contributed by atoms with Crippen LogP contribution in [0.5, 0.6) is 5.75 Å². The van der Waals surface area contributed by atoms with Crippen LogP contribution in [0.25, 0.3) is 0 Å². The Bertz CT molecular complexity index is 1240. The van der Waals surface area contributed by atoms with Crippen molar-refractivity contribution in [1.82, 2.24) is 4.90 Å². The normalized spacial score (nSPS) is 14.0. The summed E-state index contributed by atoms with van der Waals surface area (Å²) < 4.78 is 31.2. The van der Waals surface area contributed by atoms with E-state index < -0.39 is 21.0 Å². The lowest BCUT2D eigenvalue weighted by Gasteiger charge is -2.14. The van der Waals surface area contributed by atoms with Gasteiger partial charge in [-0.05, 0) is 34.4 Å². The van der Waals surface area contributed by atoms with E-state index in [1.54, 1.807) is 12.1 Å². The Balaban J connectivity index is 1.53. The van der Waals surface area contributed by atoms with E-state index in [-0.39, 0.29) is 5.75 Å². The van der Waals surface area contributed by atoms with E-state index in [4.69, 9.17) is 4.42 Å². The van der Waals surface area contributed by atoms with Crippen LogP contribution in [-0.2, 0) is 40.6 Å². The second-order valence-corrected chi connectivity index (χ2v) is 9.88. The van der Waals surface area contributed by atoms with Crippen LogP contribution in [0.2, 0.25) is 0 Å². The molecule has 156 valence electrons. The topological polar surface area (TPSA) is 87.8 Å². The Kier molecular flexibility index (Phi) is 5.81. The minimum Gasteiger partial charge on any atom is -0.502 e. The first-order valence-electron chi connectivity index (χ1n) is 9.36. The van der Waals surface area contributed by atoms with Crippen LogP contribution >= 0.6 is 15.9 Å². The van der Waals surface area contributed by atoms with Gasteiger partial charge in [0.25, 0.3) is 0 Å². The van der Waals surface area contributed by atoms with Crippen LogP contribution < -0.4 is 5.43 Å². The van der Waals surface area contributed by atoms with E-state index in [0.29, 0.717) is 35.6 Å². The number of hydrogen-bond acceptors (Lipinski definition) is 6. The number of halogens is 1. The van der Waals surface area contributed by atoms with E-state index in [9.17, 15) is 18.3 Å². The van der Waals surface area contributed by atoms with Gasteiger partial charge in [0.1, 0.15) is 12.0 Å². The molecule has 2 heterocycles. The molecule has 0 aliphatic carbocycles. The van der Waals surface area contributed by atoms with Gasteiger partial charge < -0.3 is 9.52 Å². The van der Waals surface area contributed by atoms with E-state index in [1.807, 2.05) is 30.3 Å². The van der Waals surface area contributed by atoms with E-state index in [1.165, 1.54) is 6.07 Å². The number of benzene rings is 2. The number of alkyl halides is 1. The van der Waals surface area contributed by atoms with Crippen LogP contribution in [0, 0.1) is 0 Å². The summed E-state index contributed by atoms with van der Waals surface area (Å²) in [7, 11) is -3.47. The molecule has 0 saturated carbocycles. The standard InChI is InChI=1S/C22H20BrNO5S/c23-9-15-4-6-19(7-5-15)30(27,28)14-17-3-1-2-16-10-24(12-20(16)17)11-18-8-21(25)22(26)13-29-18/h1-8,13,26H,9-12,14H2. The lowest BCUT2D eigenvalue weighted by molar-refractivity contribution is 0.246. The lowest BCUT2D eigenvalue weighted by Crippen LogP contribution is -2.17. The van der Waals surface area contributed by atoms with Crippen LogP contribution in [0.1, 0.15) is 28.0 Å². The summed E-state index contributed by atoms with van der Waals surface area (Å²) in [4.78, 5) is 14.0. The van der Waals surface area contributed by atoms with Crippen molar-refractivity contribution in [3.63, 3.8) is 0 Å². The Morgan fingerprint density at radius 3 is 2.57 bits per heavy atom. The van der Waals surface area contributed by atoms with Gasteiger partial charge in [-0.3, -0.25) is 9.69 Å². The van der Waals surface area contributed by atoms with Crippen molar-refractivity contribution >= 4 is 25.8 Å². The summed E-state index contributed by atoms with van der Waals surface area (Å²) in [6.07, 6.45) is 1.04. The zero-order chi connectivity index (χ0) is 21.3. The molecule has 0 fully saturated rings. The van der Waals surface area contributed by atoms with Crippen LogP contribution in [0.4, 0.5) is 0 Å². The monoisotopic (exact) mass is 489 g/mol. The molecule has 0 unspecified atom stereocenters. The first-order valence-corrected chi connectivity index (χ1v) is 12.1. The number of sulfone groups is 1.